The molecule has 0 bridgehead atoms. The van der Waals surface area contributed by atoms with Crippen LogP contribution < -0.4 is 10.6 Å². The number of aromatic nitrogens is 3. The molecule has 3 heterocycles. The molecule has 7 nitrogen and oxygen atoms in total. The lowest BCUT2D eigenvalue weighted by Gasteiger charge is -2.33. The van der Waals surface area contributed by atoms with Crippen LogP contribution in [0.4, 0.5) is 0 Å². The van der Waals surface area contributed by atoms with Gasteiger partial charge in [-0.3, -0.25) is 14.3 Å². The zero-order valence-electron chi connectivity index (χ0n) is 18.6. The topological polar surface area (TPSA) is 69.8 Å². The number of aliphatic imine (C=N–C) groups is 1. The van der Waals surface area contributed by atoms with Crippen molar-refractivity contribution in [2.24, 2.45) is 4.99 Å². The number of pyridine rings is 1. The van der Waals surface area contributed by atoms with Gasteiger partial charge < -0.3 is 10.6 Å². The number of benzene rings is 1. The maximum Gasteiger partial charge on any atom is 0.191 e. The third kappa shape index (κ3) is 5.82. The molecular weight excluding hydrogens is 386 g/mol. The van der Waals surface area contributed by atoms with Crippen molar-refractivity contribution in [3.05, 3.63) is 65.6 Å². The molecule has 1 aliphatic rings. The van der Waals surface area contributed by atoms with Crippen LogP contribution in [-0.4, -0.2) is 58.2 Å². The van der Waals surface area contributed by atoms with Crippen LogP contribution in [0.2, 0.25) is 0 Å². The number of hydrogen-bond acceptors (Lipinski definition) is 4. The summed E-state index contributed by atoms with van der Waals surface area (Å²) in [5, 5.41) is 15.6. The van der Waals surface area contributed by atoms with E-state index >= 15 is 0 Å². The van der Waals surface area contributed by atoms with Crippen LogP contribution in [-0.2, 0) is 13.0 Å². The van der Waals surface area contributed by atoms with Gasteiger partial charge in [0.25, 0.3) is 0 Å². The van der Waals surface area contributed by atoms with Crippen molar-refractivity contribution in [2.75, 3.05) is 26.7 Å². The fourth-order valence-electron chi connectivity index (χ4n) is 4.21. The zero-order valence-corrected chi connectivity index (χ0v) is 18.6. The molecule has 0 spiro atoms. The Kier molecular flexibility index (Phi) is 7.14. The first-order valence-corrected chi connectivity index (χ1v) is 11.2. The summed E-state index contributed by atoms with van der Waals surface area (Å²) in [5.74, 6) is 1.89. The Morgan fingerprint density at radius 3 is 2.81 bits per heavy atom. The van der Waals surface area contributed by atoms with Crippen molar-refractivity contribution in [1.82, 2.24) is 30.1 Å². The summed E-state index contributed by atoms with van der Waals surface area (Å²) in [5.41, 5.74) is 3.64. The summed E-state index contributed by atoms with van der Waals surface area (Å²) in [4.78, 5) is 6.96. The minimum Gasteiger partial charge on any atom is -0.356 e. The van der Waals surface area contributed by atoms with Gasteiger partial charge in [-0.1, -0.05) is 35.9 Å². The molecule has 0 amide bonds. The summed E-state index contributed by atoms with van der Waals surface area (Å²) in [6, 6.07) is 15.3. The highest BCUT2D eigenvalue weighted by atomic mass is 15.2. The first-order chi connectivity index (χ1) is 15.2. The van der Waals surface area contributed by atoms with Crippen molar-refractivity contribution in [2.45, 2.75) is 45.2 Å². The van der Waals surface area contributed by atoms with E-state index in [4.69, 9.17) is 0 Å². The second-order valence-corrected chi connectivity index (χ2v) is 8.33. The minimum atomic E-state index is 0.473. The van der Waals surface area contributed by atoms with Gasteiger partial charge in [-0.15, -0.1) is 10.2 Å². The van der Waals surface area contributed by atoms with Gasteiger partial charge in [-0.2, -0.15) is 0 Å². The Labute approximate surface area is 184 Å². The summed E-state index contributed by atoms with van der Waals surface area (Å²) in [7, 11) is 1.84. The van der Waals surface area contributed by atoms with Gasteiger partial charge in [-0.25, -0.2) is 0 Å². The quantitative estimate of drug-likeness (QED) is 0.350. The van der Waals surface area contributed by atoms with Gasteiger partial charge in [0.2, 0.25) is 0 Å². The number of rotatable bonds is 7. The molecule has 164 valence electrons. The fraction of sp³-hybridized carbons (Fsp3) is 0.458. The molecule has 1 aromatic carbocycles. The van der Waals surface area contributed by atoms with E-state index in [0.29, 0.717) is 6.04 Å². The Balaban J connectivity index is 1.17. The number of nitrogens with zero attached hydrogens (tertiary/aromatic N) is 5. The predicted octanol–water partition coefficient (Wildman–Crippen LogP) is 2.80. The molecule has 0 radical (unpaired) electrons. The third-order valence-corrected chi connectivity index (χ3v) is 5.89. The van der Waals surface area contributed by atoms with Crippen molar-refractivity contribution < 1.29 is 0 Å². The highest BCUT2D eigenvalue weighted by Crippen LogP contribution is 2.14. The molecular formula is C24H33N7. The van der Waals surface area contributed by atoms with Gasteiger partial charge >= 0.3 is 0 Å². The van der Waals surface area contributed by atoms with E-state index in [1.54, 1.807) is 0 Å². The van der Waals surface area contributed by atoms with Gasteiger partial charge in [-0.05, 0) is 43.9 Å². The normalized spacial score (nSPS) is 16.0. The first kappa shape index (κ1) is 21.3. The minimum absolute atomic E-state index is 0.473. The average molecular weight is 420 g/mol. The van der Waals surface area contributed by atoms with Crippen LogP contribution >= 0.6 is 0 Å². The molecule has 4 rings (SSSR count). The van der Waals surface area contributed by atoms with Crippen LogP contribution in [0.3, 0.4) is 0 Å². The Bertz CT molecular complexity index is 1000. The Morgan fingerprint density at radius 1 is 1.13 bits per heavy atom. The molecule has 1 saturated heterocycles. The fourth-order valence-corrected chi connectivity index (χ4v) is 4.21. The van der Waals surface area contributed by atoms with Crippen LogP contribution in [0.25, 0.3) is 5.65 Å². The largest absolute Gasteiger partial charge is 0.356 e. The summed E-state index contributed by atoms with van der Waals surface area (Å²) >= 11 is 0. The van der Waals surface area contributed by atoms with Gasteiger partial charge in [0.15, 0.2) is 11.6 Å². The van der Waals surface area contributed by atoms with Crippen LogP contribution in [0.5, 0.6) is 0 Å². The highest BCUT2D eigenvalue weighted by molar-refractivity contribution is 5.79. The molecule has 0 aliphatic carbocycles. The van der Waals surface area contributed by atoms with Crippen molar-refractivity contribution >= 4 is 11.6 Å². The molecule has 0 saturated carbocycles. The van der Waals surface area contributed by atoms with Gasteiger partial charge in [0.05, 0.1) is 0 Å². The third-order valence-electron chi connectivity index (χ3n) is 5.89. The number of likely N-dealkylation sites (tertiary alicyclic amines) is 1. The van der Waals surface area contributed by atoms with E-state index in [9.17, 15) is 0 Å². The van der Waals surface area contributed by atoms with Crippen LogP contribution in [0.1, 0.15) is 36.2 Å². The average Bonchev–Trinajstić information content (AvgIpc) is 3.20. The molecule has 1 fully saturated rings. The number of guanidine groups is 1. The van der Waals surface area contributed by atoms with Crippen LogP contribution in [0, 0.1) is 6.92 Å². The van der Waals surface area contributed by atoms with E-state index < -0.39 is 0 Å². The lowest BCUT2D eigenvalue weighted by atomic mass is 10.0. The predicted molar refractivity (Wildman–Crippen MR) is 125 cm³/mol. The van der Waals surface area contributed by atoms with Crippen molar-refractivity contribution in [3.8, 4) is 0 Å². The number of fused-ring (bicyclic) bond motifs is 1. The van der Waals surface area contributed by atoms with Gasteiger partial charge in [0, 0.05) is 51.9 Å². The van der Waals surface area contributed by atoms with E-state index in [1.165, 1.54) is 11.1 Å². The number of nitrogens with one attached hydrogen (secondary N) is 2. The highest BCUT2D eigenvalue weighted by Gasteiger charge is 2.20. The zero-order chi connectivity index (χ0) is 21.5. The molecule has 2 aromatic heterocycles. The Hall–Kier alpha value is -2.93. The lowest BCUT2D eigenvalue weighted by Crippen LogP contribution is -2.48. The number of hydrogen-bond donors (Lipinski definition) is 2. The van der Waals surface area contributed by atoms with Crippen molar-refractivity contribution in [3.63, 3.8) is 0 Å². The lowest BCUT2D eigenvalue weighted by molar-refractivity contribution is 0.198. The van der Waals surface area contributed by atoms with E-state index in [1.807, 2.05) is 31.4 Å². The SMILES string of the molecule is CN=C(NCCCc1nnc2ccccn12)NC1CCN(Cc2cccc(C)c2)CC1. The second-order valence-electron chi connectivity index (χ2n) is 8.33. The maximum atomic E-state index is 4.41. The first-order valence-electron chi connectivity index (χ1n) is 11.2. The molecule has 0 unspecified atom stereocenters. The summed E-state index contributed by atoms with van der Waals surface area (Å²) in [6.07, 6.45) is 6.15. The van der Waals surface area contributed by atoms with E-state index in [0.717, 1.165) is 69.3 Å². The molecule has 2 N–H and O–H groups in total. The monoisotopic (exact) mass is 419 g/mol. The standard InChI is InChI=1S/C24H33N7/c1-19-7-5-8-20(17-19)18-30-15-11-21(12-16-30)27-24(25-2)26-13-6-10-23-29-28-22-9-3-4-14-31(22)23/h3-5,7-9,14,17,21H,6,10-13,15-16,18H2,1-2H3,(H2,25,26,27). The van der Waals surface area contributed by atoms with Crippen molar-refractivity contribution in [1.29, 1.82) is 0 Å². The molecule has 7 heteroatoms. The maximum absolute atomic E-state index is 4.41. The Morgan fingerprint density at radius 2 is 2.00 bits per heavy atom. The summed E-state index contributed by atoms with van der Waals surface area (Å²) < 4.78 is 2.05. The van der Waals surface area contributed by atoms with E-state index in [2.05, 4.69) is 66.3 Å². The molecule has 0 atom stereocenters. The molecule has 1 aliphatic heterocycles. The van der Waals surface area contributed by atoms with Gasteiger partial charge in [0.1, 0.15) is 5.82 Å². The smallest absolute Gasteiger partial charge is 0.191 e. The number of piperidine rings is 1. The summed E-state index contributed by atoms with van der Waals surface area (Å²) in [6.45, 7) is 6.28. The number of aryl methyl sites for hydroxylation is 2. The molecule has 31 heavy (non-hydrogen) atoms. The van der Waals surface area contributed by atoms with E-state index in [-0.39, 0.29) is 0 Å². The van der Waals surface area contributed by atoms with Crippen LogP contribution in [0.15, 0.2) is 53.7 Å². The molecule has 3 aromatic rings. The second kappa shape index (κ2) is 10.4.